The fourth-order valence-corrected chi connectivity index (χ4v) is 5.17. The van der Waals surface area contributed by atoms with Crippen LogP contribution in [-0.4, -0.2) is 62.7 Å². The number of alkyl halides is 2. The molecule has 0 unspecified atom stereocenters. The molecule has 3 aromatic rings. The van der Waals surface area contributed by atoms with Crippen LogP contribution in [0.5, 0.6) is 11.9 Å². The maximum Gasteiger partial charge on any atom is 0.324 e. The van der Waals surface area contributed by atoms with Gasteiger partial charge in [0.25, 0.3) is 11.8 Å². The van der Waals surface area contributed by atoms with Crippen molar-refractivity contribution >= 4 is 17.5 Å². The van der Waals surface area contributed by atoms with E-state index in [1.165, 1.54) is 6.20 Å². The molecule has 35 heavy (non-hydrogen) atoms. The molecule has 0 radical (unpaired) electrons. The SMILES string of the molecule is O=C1NCCc2[nH]c3c(c21)CCc1cnc(Oc2ncc(CN4C[C@@H](F)[C@@H](F)C4)c(Cl)n2)c(F)c1-3. The summed E-state index contributed by atoms with van der Waals surface area (Å²) in [5.41, 5.74) is 4.24. The topological polar surface area (TPSA) is 96.0 Å². The Hall–Kier alpha value is -3.18. The van der Waals surface area contributed by atoms with Crippen molar-refractivity contribution in [2.24, 2.45) is 0 Å². The zero-order valence-corrected chi connectivity index (χ0v) is 19.1. The molecule has 0 spiro atoms. The van der Waals surface area contributed by atoms with Crippen molar-refractivity contribution in [1.82, 2.24) is 30.2 Å². The molecule has 2 atom stereocenters. The minimum atomic E-state index is -1.53. The van der Waals surface area contributed by atoms with Gasteiger partial charge in [-0.25, -0.2) is 23.1 Å². The van der Waals surface area contributed by atoms with Gasteiger partial charge in [-0.3, -0.25) is 9.69 Å². The van der Waals surface area contributed by atoms with Crippen LogP contribution >= 0.6 is 11.6 Å². The molecule has 1 aliphatic carbocycles. The molecule has 8 nitrogen and oxygen atoms in total. The number of nitrogens with zero attached hydrogens (tertiary/aromatic N) is 4. The van der Waals surface area contributed by atoms with Gasteiger partial charge < -0.3 is 15.0 Å². The van der Waals surface area contributed by atoms with Crippen molar-refractivity contribution in [3.8, 4) is 23.1 Å². The van der Waals surface area contributed by atoms with E-state index in [0.717, 1.165) is 11.3 Å². The largest absolute Gasteiger partial charge is 0.402 e. The number of carbonyl (C=O) groups is 1. The van der Waals surface area contributed by atoms with Gasteiger partial charge in [0.2, 0.25) is 0 Å². The lowest BCUT2D eigenvalue weighted by Gasteiger charge is -2.19. The van der Waals surface area contributed by atoms with Gasteiger partial charge in [0.1, 0.15) is 17.5 Å². The lowest BCUT2D eigenvalue weighted by atomic mass is 9.88. The van der Waals surface area contributed by atoms with E-state index < -0.39 is 18.2 Å². The van der Waals surface area contributed by atoms with Gasteiger partial charge in [-0.15, -0.1) is 0 Å². The number of hydrogen-bond donors (Lipinski definition) is 2. The Morgan fingerprint density at radius 3 is 2.69 bits per heavy atom. The van der Waals surface area contributed by atoms with Crippen molar-refractivity contribution in [1.29, 1.82) is 0 Å². The number of aromatic nitrogens is 4. The van der Waals surface area contributed by atoms with E-state index in [1.54, 1.807) is 11.1 Å². The van der Waals surface area contributed by atoms with Gasteiger partial charge in [0.05, 0.1) is 11.3 Å². The van der Waals surface area contributed by atoms with Crippen LogP contribution in [0.4, 0.5) is 13.2 Å². The standard InChI is InChI=1S/C23H20ClF3N6O2/c24-20-11(7-33-8-13(25)14(26)9-33)6-30-23(32-20)35-22-18(27)16-10(5-29-22)1-2-12-17-15(31-19(12)16)3-4-28-21(17)34/h5-6,13-14,31H,1-4,7-9H2,(H,28,34)/t13-,14+. The molecule has 2 N–H and O–H groups in total. The molecule has 5 heterocycles. The predicted molar refractivity (Wildman–Crippen MR) is 120 cm³/mol. The molecule has 182 valence electrons. The van der Waals surface area contributed by atoms with Crippen molar-refractivity contribution in [2.75, 3.05) is 19.6 Å². The number of likely N-dealkylation sites (tertiary alicyclic amines) is 1. The third-order valence-corrected chi connectivity index (χ3v) is 6.99. The summed E-state index contributed by atoms with van der Waals surface area (Å²) in [5.74, 6) is -1.16. The fraction of sp³-hybridized carbons (Fsp3) is 0.391. The first-order valence-corrected chi connectivity index (χ1v) is 11.7. The molecular weight excluding hydrogens is 485 g/mol. The maximum atomic E-state index is 15.6. The van der Waals surface area contributed by atoms with Gasteiger partial charge in [-0.2, -0.15) is 4.98 Å². The number of H-pyrrole nitrogens is 1. The highest BCUT2D eigenvalue weighted by molar-refractivity contribution is 6.30. The first kappa shape index (κ1) is 22.3. The highest BCUT2D eigenvalue weighted by atomic mass is 35.5. The quantitative estimate of drug-likeness (QED) is 0.529. The Labute approximate surface area is 202 Å². The second-order valence-corrected chi connectivity index (χ2v) is 9.27. The maximum absolute atomic E-state index is 15.6. The number of halogens is 4. The van der Waals surface area contributed by atoms with Crippen molar-refractivity contribution in [3.63, 3.8) is 0 Å². The summed E-state index contributed by atoms with van der Waals surface area (Å²) in [6, 6.07) is -0.209. The summed E-state index contributed by atoms with van der Waals surface area (Å²) in [5, 5.41) is 2.87. The third kappa shape index (κ3) is 3.82. The molecule has 3 aliphatic rings. The Balaban J connectivity index is 1.27. The summed E-state index contributed by atoms with van der Waals surface area (Å²) in [7, 11) is 0. The molecule has 0 bridgehead atoms. The van der Waals surface area contributed by atoms with Crippen LogP contribution in [0.15, 0.2) is 12.4 Å². The summed E-state index contributed by atoms with van der Waals surface area (Å²) in [6.45, 7) is 0.636. The number of ether oxygens (including phenoxy) is 1. The van der Waals surface area contributed by atoms with Gasteiger partial charge in [-0.1, -0.05) is 11.6 Å². The van der Waals surface area contributed by atoms with E-state index in [0.29, 0.717) is 53.8 Å². The van der Waals surface area contributed by atoms with Crippen LogP contribution in [0.3, 0.4) is 0 Å². The second-order valence-electron chi connectivity index (χ2n) is 8.91. The second kappa shape index (κ2) is 8.49. The van der Waals surface area contributed by atoms with E-state index in [9.17, 15) is 13.6 Å². The number of carbonyl (C=O) groups excluding carboxylic acids is 1. The first-order chi connectivity index (χ1) is 16.9. The molecule has 0 aromatic carbocycles. The van der Waals surface area contributed by atoms with E-state index in [-0.39, 0.29) is 42.6 Å². The molecule has 6 rings (SSSR count). The van der Waals surface area contributed by atoms with Crippen LogP contribution in [-0.2, 0) is 25.8 Å². The Kier molecular flexibility index (Phi) is 5.41. The summed E-state index contributed by atoms with van der Waals surface area (Å²) >= 11 is 6.24. The molecule has 1 fully saturated rings. The number of aryl methyl sites for hydroxylation is 1. The highest BCUT2D eigenvalue weighted by Crippen LogP contribution is 2.41. The van der Waals surface area contributed by atoms with E-state index in [2.05, 4.69) is 25.3 Å². The average Bonchev–Trinajstić information content (AvgIpc) is 3.37. The number of fused-ring (bicyclic) bond motifs is 5. The number of aromatic amines is 1. The monoisotopic (exact) mass is 504 g/mol. The summed E-state index contributed by atoms with van der Waals surface area (Å²) < 4.78 is 48.1. The predicted octanol–water partition coefficient (Wildman–Crippen LogP) is 3.33. The third-order valence-electron chi connectivity index (χ3n) is 6.66. The number of nitrogens with one attached hydrogen (secondary N) is 2. The number of rotatable bonds is 4. The number of amides is 1. The number of hydrogen-bond acceptors (Lipinski definition) is 6. The smallest absolute Gasteiger partial charge is 0.324 e. The van der Waals surface area contributed by atoms with Crippen molar-refractivity contribution in [3.05, 3.63) is 51.3 Å². The average molecular weight is 505 g/mol. The summed E-state index contributed by atoms with van der Waals surface area (Å²) in [6.07, 6.45) is 1.65. The molecule has 1 amide bonds. The molecule has 12 heteroatoms. The lowest BCUT2D eigenvalue weighted by Crippen LogP contribution is -2.32. The van der Waals surface area contributed by atoms with Gasteiger partial charge in [0, 0.05) is 61.8 Å². The zero-order chi connectivity index (χ0) is 24.3. The molecule has 0 saturated carbocycles. The molecular formula is C23H20ClF3N6O2. The number of pyridine rings is 1. The molecule has 3 aromatic heterocycles. The van der Waals surface area contributed by atoms with Gasteiger partial charge >= 0.3 is 6.01 Å². The van der Waals surface area contributed by atoms with Gasteiger partial charge in [0.15, 0.2) is 5.82 Å². The fourth-order valence-electron chi connectivity index (χ4n) is 4.99. The van der Waals surface area contributed by atoms with E-state index in [1.807, 2.05) is 0 Å². The first-order valence-electron chi connectivity index (χ1n) is 11.3. The van der Waals surface area contributed by atoms with Crippen LogP contribution in [0.2, 0.25) is 5.15 Å². The van der Waals surface area contributed by atoms with Crippen LogP contribution in [0, 0.1) is 5.82 Å². The molecule has 1 saturated heterocycles. The summed E-state index contributed by atoms with van der Waals surface area (Å²) in [4.78, 5) is 29.4. The minimum absolute atomic E-state index is 0.0359. The van der Waals surface area contributed by atoms with E-state index in [4.69, 9.17) is 16.3 Å². The van der Waals surface area contributed by atoms with Crippen molar-refractivity contribution < 1.29 is 22.7 Å². The van der Waals surface area contributed by atoms with E-state index >= 15 is 4.39 Å². The Morgan fingerprint density at radius 2 is 1.91 bits per heavy atom. The Morgan fingerprint density at radius 1 is 1.11 bits per heavy atom. The normalized spacial score (nSPS) is 21.3. The Bertz CT molecular complexity index is 1340. The minimum Gasteiger partial charge on any atom is -0.402 e. The van der Waals surface area contributed by atoms with Gasteiger partial charge in [-0.05, 0) is 24.0 Å². The highest BCUT2D eigenvalue weighted by Gasteiger charge is 2.34. The lowest BCUT2D eigenvalue weighted by molar-refractivity contribution is 0.0945. The van der Waals surface area contributed by atoms with Crippen molar-refractivity contribution in [2.45, 2.75) is 38.2 Å². The van der Waals surface area contributed by atoms with Crippen LogP contribution < -0.4 is 10.1 Å². The molecule has 2 aliphatic heterocycles. The zero-order valence-electron chi connectivity index (χ0n) is 18.4. The van der Waals surface area contributed by atoms with Crippen LogP contribution in [0.1, 0.15) is 32.7 Å². The van der Waals surface area contributed by atoms with Crippen LogP contribution in [0.25, 0.3) is 11.3 Å².